The second kappa shape index (κ2) is 6.81. The summed E-state index contributed by atoms with van der Waals surface area (Å²) in [6.07, 6.45) is -2.93. The Morgan fingerprint density at radius 1 is 1.15 bits per heavy atom. The van der Waals surface area contributed by atoms with Gasteiger partial charge in [0.1, 0.15) is 10.6 Å². The Labute approximate surface area is 149 Å². The monoisotopic (exact) mass is 386 g/mol. The van der Waals surface area contributed by atoms with Gasteiger partial charge in [-0.25, -0.2) is 13.1 Å². The zero-order chi connectivity index (χ0) is 18.9. The van der Waals surface area contributed by atoms with Crippen molar-refractivity contribution in [2.45, 2.75) is 36.6 Å². The van der Waals surface area contributed by atoms with Crippen LogP contribution in [0.15, 0.2) is 47.4 Å². The molecule has 0 aliphatic heterocycles. The third-order valence-corrected chi connectivity index (χ3v) is 5.65. The number of nitrogens with one attached hydrogen (secondary N) is 1. The second-order valence-electron chi connectivity index (χ2n) is 6.02. The summed E-state index contributed by atoms with van der Waals surface area (Å²) >= 11 is 0. The van der Waals surface area contributed by atoms with E-state index in [4.69, 9.17) is 5.73 Å². The van der Waals surface area contributed by atoms with Crippen LogP contribution < -0.4 is 15.2 Å². The second-order valence-corrected chi connectivity index (χ2v) is 7.70. The highest BCUT2D eigenvalue weighted by molar-refractivity contribution is 7.89. The number of nitrogens with two attached hydrogens (primary N) is 1. The number of halogens is 3. The van der Waals surface area contributed by atoms with Crippen molar-refractivity contribution in [2.75, 3.05) is 5.73 Å². The van der Waals surface area contributed by atoms with Gasteiger partial charge in [-0.1, -0.05) is 18.2 Å². The standard InChI is InChI=1S/C17H17F3N2O3S/c18-17(19,20)25-15-6-1-2-7-16(15)26(23,24)22-14-5-3-4-11-10-12(21)8-9-13(11)14/h1-2,6-10,14,22H,3-5,21H2. The fourth-order valence-electron chi connectivity index (χ4n) is 3.09. The number of fused-ring (bicyclic) bond motifs is 1. The van der Waals surface area contributed by atoms with Crippen molar-refractivity contribution in [3.05, 3.63) is 53.6 Å². The molecule has 26 heavy (non-hydrogen) atoms. The fraction of sp³-hybridized carbons (Fsp3) is 0.294. The van der Waals surface area contributed by atoms with E-state index < -0.39 is 33.1 Å². The molecule has 140 valence electrons. The third-order valence-electron chi connectivity index (χ3n) is 4.14. The summed E-state index contributed by atoms with van der Waals surface area (Å²) in [4.78, 5) is -0.556. The Balaban J connectivity index is 1.92. The van der Waals surface area contributed by atoms with Gasteiger partial charge in [0.25, 0.3) is 0 Å². The largest absolute Gasteiger partial charge is 0.573 e. The highest BCUT2D eigenvalue weighted by Crippen LogP contribution is 2.34. The zero-order valence-electron chi connectivity index (χ0n) is 13.6. The van der Waals surface area contributed by atoms with Crippen molar-refractivity contribution >= 4 is 15.7 Å². The fourth-order valence-corrected chi connectivity index (χ4v) is 4.47. The molecule has 1 unspecified atom stereocenters. The van der Waals surface area contributed by atoms with Crippen LogP contribution in [0.4, 0.5) is 18.9 Å². The van der Waals surface area contributed by atoms with Gasteiger partial charge in [0, 0.05) is 11.7 Å². The van der Waals surface area contributed by atoms with Crippen LogP contribution in [0.3, 0.4) is 0 Å². The van der Waals surface area contributed by atoms with Crippen LogP contribution in [-0.2, 0) is 16.4 Å². The molecule has 2 aromatic carbocycles. The predicted molar refractivity (Wildman–Crippen MR) is 90.0 cm³/mol. The maximum atomic E-state index is 12.7. The lowest BCUT2D eigenvalue weighted by atomic mass is 9.88. The van der Waals surface area contributed by atoms with E-state index in [-0.39, 0.29) is 0 Å². The Hall–Kier alpha value is -2.26. The van der Waals surface area contributed by atoms with Gasteiger partial charge >= 0.3 is 6.36 Å². The van der Waals surface area contributed by atoms with E-state index >= 15 is 0 Å². The van der Waals surface area contributed by atoms with Gasteiger partial charge in [0.05, 0.1) is 0 Å². The van der Waals surface area contributed by atoms with E-state index in [0.717, 1.165) is 36.1 Å². The molecule has 0 aromatic heterocycles. The van der Waals surface area contributed by atoms with Crippen LogP contribution in [0.2, 0.25) is 0 Å². The first kappa shape index (κ1) is 18.5. The van der Waals surface area contributed by atoms with E-state index in [0.29, 0.717) is 12.1 Å². The van der Waals surface area contributed by atoms with E-state index in [9.17, 15) is 21.6 Å². The van der Waals surface area contributed by atoms with Crippen molar-refractivity contribution < 1.29 is 26.3 Å². The molecule has 0 amide bonds. The van der Waals surface area contributed by atoms with Crippen LogP contribution in [0, 0.1) is 0 Å². The molecule has 5 nitrogen and oxygen atoms in total. The average Bonchev–Trinajstić information content (AvgIpc) is 2.53. The van der Waals surface area contributed by atoms with Crippen LogP contribution in [0.1, 0.15) is 30.0 Å². The van der Waals surface area contributed by atoms with Crippen molar-refractivity contribution in [2.24, 2.45) is 0 Å². The van der Waals surface area contributed by atoms with Crippen LogP contribution >= 0.6 is 0 Å². The summed E-state index contributed by atoms with van der Waals surface area (Å²) in [5, 5.41) is 0. The summed E-state index contributed by atoms with van der Waals surface area (Å²) in [7, 11) is -4.22. The molecule has 0 bridgehead atoms. The van der Waals surface area contributed by atoms with Crippen LogP contribution in [-0.4, -0.2) is 14.8 Å². The van der Waals surface area contributed by atoms with Gasteiger partial charge in [-0.3, -0.25) is 0 Å². The highest BCUT2D eigenvalue weighted by Gasteiger charge is 2.35. The number of hydrogen-bond acceptors (Lipinski definition) is 4. The van der Waals surface area contributed by atoms with Crippen LogP contribution in [0.5, 0.6) is 5.75 Å². The molecule has 1 aliphatic carbocycles. The molecule has 3 rings (SSSR count). The third kappa shape index (κ3) is 4.10. The number of ether oxygens (including phenoxy) is 1. The maximum Gasteiger partial charge on any atom is 0.573 e. The molecular weight excluding hydrogens is 369 g/mol. The van der Waals surface area contributed by atoms with E-state index in [1.165, 1.54) is 12.1 Å². The number of para-hydroxylation sites is 1. The maximum absolute atomic E-state index is 12.7. The van der Waals surface area contributed by atoms with Gasteiger partial charge in [0.15, 0.2) is 0 Å². The van der Waals surface area contributed by atoms with E-state index in [2.05, 4.69) is 9.46 Å². The Kier molecular flexibility index (Phi) is 4.85. The molecular formula is C17H17F3N2O3S. The van der Waals surface area contributed by atoms with Crippen molar-refractivity contribution in [3.63, 3.8) is 0 Å². The minimum atomic E-state index is -4.99. The number of nitrogen functional groups attached to an aromatic ring is 1. The first-order chi connectivity index (χ1) is 12.2. The molecule has 0 fully saturated rings. The Bertz CT molecular complexity index is 914. The topological polar surface area (TPSA) is 81.4 Å². The van der Waals surface area contributed by atoms with Crippen molar-refractivity contribution in [1.29, 1.82) is 0 Å². The molecule has 3 N–H and O–H groups in total. The summed E-state index contributed by atoms with van der Waals surface area (Å²) in [5.74, 6) is -0.763. The molecule has 0 radical (unpaired) electrons. The molecule has 1 atom stereocenters. The smallest absolute Gasteiger partial charge is 0.404 e. The minimum Gasteiger partial charge on any atom is -0.404 e. The highest BCUT2D eigenvalue weighted by atomic mass is 32.2. The zero-order valence-corrected chi connectivity index (χ0v) is 14.4. The summed E-state index contributed by atoms with van der Waals surface area (Å²) in [6, 6.07) is 9.33. The minimum absolute atomic E-state index is 0.539. The molecule has 1 aliphatic rings. The number of aryl methyl sites for hydroxylation is 1. The van der Waals surface area contributed by atoms with Gasteiger partial charge in [-0.05, 0) is 54.7 Å². The van der Waals surface area contributed by atoms with E-state index in [1.807, 2.05) is 0 Å². The average molecular weight is 386 g/mol. The number of sulfonamides is 1. The number of rotatable bonds is 4. The molecule has 2 aromatic rings. The Morgan fingerprint density at radius 3 is 2.62 bits per heavy atom. The van der Waals surface area contributed by atoms with Crippen molar-refractivity contribution in [1.82, 2.24) is 4.72 Å². The summed E-state index contributed by atoms with van der Waals surface area (Å²) in [5.41, 5.74) is 8.06. The van der Waals surface area contributed by atoms with Crippen molar-refractivity contribution in [3.8, 4) is 5.75 Å². The molecule has 0 saturated carbocycles. The van der Waals surface area contributed by atoms with Gasteiger partial charge in [0.2, 0.25) is 10.0 Å². The SMILES string of the molecule is Nc1ccc2c(c1)CCCC2NS(=O)(=O)c1ccccc1OC(F)(F)F. The molecule has 9 heteroatoms. The number of benzene rings is 2. The van der Waals surface area contributed by atoms with Gasteiger partial charge in [-0.2, -0.15) is 0 Å². The molecule has 0 saturated heterocycles. The number of hydrogen-bond donors (Lipinski definition) is 2. The number of alkyl halides is 3. The lowest BCUT2D eigenvalue weighted by Gasteiger charge is -2.27. The lowest BCUT2D eigenvalue weighted by molar-refractivity contribution is -0.275. The first-order valence-electron chi connectivity index (χ1n) is 7.91. The number of anilines is 1. The van der Waals surface area contributed by atoms with Gasteiger partial charge in [-0.15, -0.1) is 13.2 Å². The first-order valence-corrected chi connectivity index (χ1v) is 9.39. The molecule has 0 spiro atoms. The van der Waals surface area contributed by atoms with E-state index in [1.54, 1.807) is 18.2 Å². The predicted octanol–water partition coefficient (Wildman–Crippen LogP) is 3.52. The molecule has 0 heterocycles. The summed E-state index contributed by atoms with van der Waals surface area (Å²) < 4.78 is 69.4. The normalized spacial score (nSPS) is 17.6. The Morgan fingerprint density at radius 2 is 1.88 bits per heavy atom. The van der Waals surface area contributed by atoms with Crippen LogP contribution in [0.25, 0.3) is 0 Å². The summed E-state index contributed by atoms with van der Waals surface area (Å²) in [6.45, 7) is 0. The lowest BCUT2D eigenvalue weighted by Crippen LogP contribution is -2.32. The quantitative estimate of drug-likeness (QED) is 0.788. The van der Waals surface area contributed by atoms with Gasteiger partial charge < -0.3 is 10.5 Å².